The Kier molecular flexibility index (Phi) is 5.39. The molecule has 1 heterocycles. The topological polar surface area (TPSA) is 57.1 Å². The van der Waals surface area contributed by atoms with Crippen LogP contribution in [0.1, 0.15) is 11.1 Å². The van der Waals surface area contributed by atoms with Crippen LogP contribution in [-0.4, -0.2) is 25.1 Å². The molecule has 0 fully saturated rings. The molecule has 0 aromatic heterocycles. The van der Waals surface area contributed by atoms with Gasteiger partial charge >= 0.3 is 19.2 Å². The second-order valence-corrected chi connectivity index (χ2v) is 5.16. The van der Waals surface area contributed by atoms with E-state index in [1.54, 1.807) is 6.07 Å². The maximum atomic E-state index is 12.5. The van der Waals surface area contributed by atoms with Gasteiger partial charge in [0.25, 0.3) is 0 Å². The van der Waals surface area contributed by atoms with Crippen LogP contribution < -0.4 is 9.47 Å². The predicted octanol–water partition coefficient (Wildman–Crippen LogP) is 4.23. The minimum atomic E-state index is -3.05. The number of hydrogen-bond donors (Lipinski definition) is 0. The number of benzene rings is 2. The lowest BCUT2D eigenvalue weighted by Gasteiger charge is -2.08. The Morgan fingerprint density at radius 1 is 0.926 bits per heavy atom. The van der Waals surface area contributed by atoms with Gasteiger partial charge in [0.05, 0.1) is 5.56 Å². The SMILES string of the molecule is O=C1OC(c2ccccc2OC(F)F)=N/C1=C\c1ccc(OC(F)F)cc1. The van der Waals surface area contributed by atoms with E-state index in [9.17, 15) is 22.4 Å². The first kappa shape index (κ1) is 18.4. The number of carbonyl (C=O) groups excluding carboxylic acids is 1. The third-order valence-corrected chi connectivity index (χ3v) is 3.36. The molecule has 5 nitrogen and oxygen atoms in total. The van der Waals surface area contributed by atoms with Crippen LogP contribution in [-0.2, 0) is 9.53 Å². The minimum Gasteiger partial charge on any atom is -0.435 e. The van der Waals surface area contributed by atoms with Crippen LogP contribution in [0.5, 0.6) is 11.5 Å². The lowest BCUT2D eigenvalue weighted by atomic mass is 10.2. The van der Waals surface area contributed by atoms with Crippen molar-refractivity contribution in [2.24, 2.45) is 4.99 Å². The molecule has 1 aliphatic rings. The fourth-order valence-electron chi connectivity index (χ4n) is 2.27. The Balaban J connectivity index is 1.85. The summed E-state index contributed by atoms with van der Waals surface area (Å²) in [6.45, 7) is -5.99. The monoisotopic (exact) mass is 381 g/mol. The molecule has 1 aliphatic heterocycles. The molecule has 140 valence electrons. The van der Waals surface area contributed by atoms with Gasteiger partial charge in [-0.3, -0.25) is 0 Å². The van der Waals surface area contributed by atoms with Crippen molar-refractivity contribution in [3.05, 3.63) is 65.4 Å². The van der Waals surface area contributed by atoms with E-state index in [1.165, 1.54) is 48.5 Å². The average Bonchev–Trinajstić information content (AvgIpc) is 2.96. The van der Waals surface area contributed by atoms with E-state index in [2.05, 4.69) is 14.5 Å². The minimum absolute atomic E-state index is 0.0385. The van der Waals surface area contributed by atoms with E-state index in [1.807, 2.05) is 0 Å². The molecule has 0 bridgehead atoms. The average molecular weight is 381 g/mol. The number of rotatable bonds is 6. The van der Waals surface area contributed by atoms with Crippen molar-refractivity contribution in [2.75, 3.05) is 0 Å². The molecule has 0 N–H and O–H groups in total. The molecule has 2 aromatic carbocycles. The number of halogens is 4. The van der Waals surface area contributed by atoms with Crippen molar-refractivity contribution in [2.45, 2.75) is 13.2 Å². The maximum absolute atomic E-state index is 12.5. The van der Waals surface area contributed by atoms with Gasteiger partial charge in [0.2, 0.25) is 5.90 Å². The summed E-state index contributed by atoms with van der Waals surface area (Å²) < 4.78 is 62.9. The molecule has 27 heavy (non-hydrogen) atoms. The van der Waals surface area contributed by atoms with Crippen LogP contribution in [0.3, 0.4) is 0 Å². The first-order valence-electron chi connectivity index (χ1n) is 7.54. The fourth-order valence-corrected chi connectivity index (χ4v) is 2.27. The highest BCUT2D eigenvalue weighted by atomic mass is 19.3. The van der Waals surface area contributed by atoms with Gasteiger partial charge in [0.15, 0.2) is 5.70 Å². The number of alkyl halides is 4. The van der Waals surface area contributed by atoms with Crippen LogP contribution in [0.25, 0.3) is 6.08 Å². The number of para-hydroxylation sites is 1. The van der Waals surface area contributed by atoms with Crippen LogP contribution >= 0.6 is 0 Å². The summed E-state index contributed by atoms with van der Waals surface area (Å²) in [5.74, 6) is -1.19. The van der Waals surface area contributed by atoms with Crippen LogP contribution in [0.15, 0.2) is 59.2 Å². The maximum Gasteiger partial charge on any atom is 0.387 e. The zero-order valence-electron chi connectivity index (χ0n) is 13.4. The normalized spacial score (nSPS) is 15.3. The quantitative estimate of drug-likeness (QED) is 0.427. The number of cyclic esters (lactones) is 1. The molecular weight excluding hydrogens is 370 g/mol. The Morgan fingerprint density at radius 3 is 2.26 bits per heavy atom. The zero-order chi connectivity index (χ0) is 19.4. The fraction of sp³-hybridized carbons (Fsp3) is 0.111. The summed E-state index contributed by atoms with van der Waals surface area (Å²) in [6.07, 6.45) is 1.36. The number of hydrogen-bond acceptors (Lipinski definition) is 5. The standard InChI is InChI=1S/C18H11F4NO4/c19-17(20)25-11-7-5-10(6-8-11)9-13-16(24)27-15(23-13)12-3-1-2-4-14(12)26-18(21)22/h1-9,17-18H/b13-9-. The predicted molar refractivity (Wildman–Crippen MR) is 86.8 cm³/mol. The number of aliphatic imine (C=N–C) groups is 1. The second-order valence-electron chi connectivity index (χ2n) is 5.16. The molecular formula is C18H11F4NO4. The van der Waals surface area contributed by atoms with E-state index in [4.69, 9.17) is 4.74 Å². The van der Waals surface area contributed by atoms with Gasteiger partial charge in [0.1, 0.15) is 11.5 Å². The summed E-state index contributed by atoms with van der Waals surface area (Å²) in [6, 6.07) is 11.2. The number of carbonyl (C=O) groups is 1. The summed E-state index contributed by atoms with van der Waals surface area (Å²) in [7, 11) is 0. The molecule has 0 aliphatic carbocycles. The highest BCUT2D eigenvalue weighted by molar-refractivity contribution is 6.13. The van der Waals surface area contributed by atoms with E-state index >= 15 is 0 Å². The highest BCUT2D eigenvalue weighted by Crippen LogP contribution is 2.26. The van der Waals surface area contributed by atoms with Gasteiger partial charge in [0, 0.05) is 0 Å². The van der Waals surface area contributed by atoms with Crippen molar-refractivity contribution >= 4 is 17.9 Å². The van der Waals surface area contributed by atoms with Crippen LogP contribution in [0.4, 0.5) is 17.6 Å². The van der Waals surface area contributed by atoms with Crippen molar-refractivity contribution < 1.29 is 36.6 Å². The number of ether oxygens (including phenoxy) is 3. The summed E-state index contributed by atoms with van der Waals surface area (Å²) in [4.78, 5) is 16.0. The molecule has 0 saturated heterocycles. The van der Waals surface area contributed by atoms with Gasteiger partial charge in [-0.2, -0.15) is 17.6 Å². The van der Waals surface area contributed by atoms with E-state index in [0.717, 1.165) is 0 Å². The number of esters is 1. The third kappa shape index (κ3) is 4.63. The van der Waals surface area contributed by atoms with E-state index in [-0.39, 0.29) is 28.7 Å². The molecule has 0 unspecified atom stereocenters. The Labute approximate surface area is 150 Å². The molecule has 0 spiro atoms. The first-order valence-corrected chi connectivity index (χ1v) is 7.54. The molecule has 0 atom stereocenters. The molecule has 3 rings (SSSR count). The van der Waals surface area contributed by atoms with Crippen molar-refractivity contribution in [1.82, 2.24) is 0 Å². The number of nitrogens with zero attached hydrogens (tertiary/aromatic N) is 1. The highest BCUT2D eigenvalue weighted by Gasteiger charge is 2.26. The zero-order valence-corrected chi connectivity index (χ0v) is 13.4. The molecule has 0 radical (unpaired) electrons. The van der Waals surface area contributed by atoms with Gasteiger partial charge in [-0.1, -0.05) is 24.3 Å². The van der Waals surface area contributed by atoms with Crippen molar-refractivity contribution in [3.63, 3.8) is 0 Å². The molecule has 9 heteroatoms. The molecule has 0 amide bonds. The van der Waals surface area contributed by atoms with Crippen molar-refractivity contribution in [1.29, 1.82) is 0 Å². The van der Waals surface area contributed by atoms with Gasteiger partial charge in [-0.15, -0.1) is 0 Å². The van der Waals surface area contributed by atoms with Gasteiger partial charge in [-0.25, -0.2) is 9.79 Å². The molecule has 2 aromatic rings. The first-order chi connectivity index (χ1) is 12.9. The summed E-state index contributed by atoms with van der Waals surface area (Å²) in [5.41, 5.74) is 0.486. The van der Waals surface area contributed by atoms with E-state index < -0.39 is 19.2 Å². The van der Waals surface area contributed by atoms with Crippen LogP contribution in [0.2, 0.25) is 0 Å². The van der Waals surface area contributed by atoms with Gasteiger partial charge < -0.3 is 14.2 Å². The van der Waals surface area contributed by atoms with Gasteiger partial charge in [-0.05, 0) is 35.9 Å². The lowest BCUT2D eigenvalue weighted by Crippen LogP contribution is -2.10. The Morgan fingerprint density at radius 2 is 1.59 bits per heavy atom. The van der Waals surface area contributed by atoms with Crippen molar-refractivity contribution in [3.8, 4) is 11.5 Å². The smallest absolute Gasteiger partial charge is 0.387 e. The third-order valence-electron chi connectivity index (χ3n) is 3.36. The van der Waals surface area contributed by atoms with Crippen LogP contribution in [0, 0.1) is 0 Å². The molecule has 0 saturated carbocycles. The summed E-state index contributed by atoms with van der Waals surface area (Å²) in [5, 5.41) is 0. The second kappa shape index (κ2) is 7.90. The Bertz CT molecular complexity index is 894. The Hall–Kier alpha value is -3.36. The lowest BCUT2D eigenvalue weighted by molar-refractivity contribution is -0.129. The largest absolute Gasteiger partial charge is 0.435 e. The van der Waals surface area contributed by atoms with E-state index in [0.29, 0.717) is 5.56 Å². The summed E-state index contributed by atoms with van der Waals surface area (Å²) >= 11 is 0.